The normalized spacial score (nSPS) is 13.9. The lowest BCUT2D eigenvalue weighted by Gasteiger charge is -2.34. The van der Waals surface area contributed by atoms with Gasteiger partial charge in [-0.3, -0.25) is 9.59 Å². The van der Waals surface area contributed by atoms with E-state index in [2.05, 4.69) is 20.0 Å². The summed E-state index contributed by atoms with van der Waals surface area (Å²) >= 11 is 0. The molecule has 1 aromatic heterocycles. The van der Waals surface area contributed by atoms with Crippen LogP contribution in [0.3, 0.4) is 0 Å². The Morgan fingerprint density at radius 3 is 2.14 bits per heavy atom. The number of hydrogen-bond donors (Lipinski definition) is 1. The second kappa shape index (κ2) is 10.00. The molecule has 0 aliphatic carbocycles. The fraction of sp³-hybridized carbons (Fsp3) is 0.250. The smallest absolute Gasteiger partial charge is 0.406 e. The number of amides is 2. The summed E-state index contributed by atoms with van der Waals surface area (Å²) in [5.41, 5.74) is 2.30. The van der Waals surface area contributed by atoms with E-state index >= 15 is 0 Å². The van der Waals surface area contributed by atoms with Crippen molar-refractivity contribution in [3.8, 4) is 17.0 Å². The van der Waals surface area contributed by atoms with E-state index in [9.17, 15) is 22.8 Å². The fourth-order valence-electron chi connectivity index (χ4n) is 3.64. The minimum absolute atomic E-state index is 0.00583. The highest BCUT2D eigenvalue weighted by Gasteiger charge is 2.31. The second-order valence-electron chi connectivity index (χ2n) is 7.84. The van der Waals surface area contributed by atoms with Gasteiger partial charge < -0.3 is 19.9 Å². The Hall–Kier alpha value is -4.15. The van der Waals surface area contributed by atoms with Crippen molar-refractivity contribution in [1.29, 1.82) is 0 Å². The molecule has 2 aromatic carbocycles. The van der Waals surface area contributed by atoms with Crippen LogP contribution in [0.5, 0.6) is 5.75 Å². The van der Waals surface area contributed by atoms with Crippen LogP contribution in [0.4, 0.5) is 24.8 Å². The molecule has 0 bridgehead atoms. The fourth-order valence-corrected chi connectivity index (χ4v) is 3.64. The van der Waals surface area contributed by atoms with Crippen LogP contribution in [0.25, 0.3) is 11.3 Å². The maximum atomic E-state index is 12.8. The summed E-state index contributed by atoms with van der Waals surface area (Å²) in [6.45, 7) is 3.54. The minimum atomic E-state index is -4.75. The van der Waals surface area contributed by atoms with Gasteiger partial charge in [-0.05, 0) is 54.6 Å². The van der Waals surface area contributed by atoms with E-state index in [0.29, 0.717) is 48.7 Å². The number of aromatic nitrogens is 2. The van der Waals surface area contributed by atoms with E-state index in [1.807, 2.05) is 0 Å². The maximum absolute atomic E-state index is 12.8. The zero-order chi connectivity index (χ0) is 25.0. The van der Waals surface area contributed by atoms with Gasteiger partial charge in [-0.1, -0.05) is 0 Å². The summed E-state index contributed by atoms with van der Waals surface area (Å²) in [4.78, 5) is 36.2. The predicted molar refractivity (Wildman–Crippen MR) is 122 cm³/mol. The van der Waals surface area contributed by atoms with Gasteiger partial charge in [-0.2, -0.15) is 0 Å². The van der Waals surface area contributed by atoms with Crippen molar-refractivity contribution < 1.29 is 27.5 Å². The molecular formula is C24H22F3N5O3. The van der Waals surface area contributed by atoms with Crippen molar-refractivity contribution in [3.05, 3.63) is 66.4 Å². The molecule has 4 rings (SSSR count). The van der Waals surface area contributed by atoms with Gasteiger partial charge in [0.2, 0.25) is 11.9 Å². The molecule has 0 atom stereocenters. The van der Waals surface area contributed by atoms with Gasteiger partial charge in [0.1, 0.15) is 5.75 Å². The Morgan fingerprint density at radius 1 is 0.914 bits per heavy atom. The van der Waals surface area contributed by atoms with Gasteiger partial charge in [0.25, 0.3) is 5.91 Å². The van der Waals surface area contributed by atoms with Gasteiger partial charge in [0, 0.05) is 56.1 Å². The minimum Gasteiger partial charge on any atom is -0.406 e. The van der Waals surface area contributed by atoms with Crippen molar-refractivity contribution in [1.82, 2.24) is 19.8 Å². The molecule has 2 amide bonds. The second-order valence-corrected chi connectivity index (χ2v) is 7.84. The summed E-state index contributed by atoms with van der Waals surface area (Å²) in [7, 11) is 0. The van der Waals surface area contributed by atoms with E-state index < -0.39 is 6.36 Å². The first-order valence-corrected chi connectivity index (χ1v) is 10.8. The number of piperazine rings is 1. The highest BCUT2D eigenvalue weighted by Crippen LogP contribution is 2.26. The number of benzene rings is 2. The summed E-state index contributed by atoms with van der Waals surface area (Å²) in [5, 5.41) is 3.06. The Bertz CT molecular complexity index is 1190. The molecule has 0 unspecified atom stereocenters. The molecule has 1 saturated heterocycles. The molecular weight excluding hydrogens is 463 g/mol. The summed E-state index contributed by atoms with van der Waals surface area (Å²) < 4.78 is 40.9. The number of ether oxygens (including phenoxy) is 1. The number of anilines is 2. The Balaban J connectivity index is 1.39. The zero-order valence-electron chi connectivity index (χ0n) is 18.7. The number of carbonyl (C=O) groups is 2. The molecule has 182 valence electrons. The SMILES string of the molecule is CC(=O)N1CCN(C(=O)c2ccc(Nc3nccc(-c4ccc(OC(F)(F)F)cc4)n3)cc2)CC1. The van der Waals surface area contributed by atoms with E-state index in [4.69, 9.17) is 0 Å². The molecule has 8 nitrogen and oxygen atoms in total. The lowest BCUT2D eigenvalue weighted by molar-refractivity contribution is -0.274. The molecule has 1 aliphatic rings. The highest BCUT2D eigenvalue weighted by molar-refractivity contribution is 5.94. The number of nitrogens with zero attached hydrogens (tertiary/aromatic N) is 4. The molecule has 0 spiro atoms. The van der Waals surface area contributed by atoms with Gasteiger partial charge >= 0.3 is 6.36 Å². The van der Waals surface area contributed by atoms with Gasteiger partial charge in [0.15, 0.2) is 0 Å². The third-order valence-electron chi connectivity index (χ3n) is 5.44. The Morgan fingerprint density at radius 2 is 1.54 bits per heavy atom. The quantitative estimate of drug-likeness (QED) is 0.586. The van der Waals surface area contributed by atoms with Gasteiger partial charge in [0.05, 0.1) is 5.69 Å². The van der Waals surface area contributed by atoms with E-state index in [-0.39, 0.29) is 23.5 Å². The first-order valence-electron chi connectivity index (χ1n) is 10.8. The topological polar surface area (TPSA) is 87.7 Å². The van der Waals surface area contributed by atoms with Crippen molar-refractivity contribution in [2.24, 2.45) is 0 Å². The van der Waals surface area contributed by atoms with Crippen LogP contribution < -0.4 is 10.1 Å². The van der Waals surface area contributed by atoms with Crippen molar-refractivity contribution in [2.75, 3.05) is 31.5 Å². The predicted octanol–water partition coefficient (Wildman–Crippen LogP) is 4.09. The third-order valence-corrected chi connectivity index (χ3v) is 5.44. The van der Waals surface area contributed by atoms with E-state index in [1.54, 1.807) is 40.1 Å². The average Bonchev–Trinajstić information content (AvgIpc) is 2.84. The van der Waals surface area contributed by atoms with E-state index in [0.717, 1.165) is 0 Å². The molecule has 2 heterocycles. The van der Waals surface area contributed by atoms with Crippen LogP contribution in [-0.4, -0.2) is 64.1 Å². The summed E-state index contributed by atoms with van der Waals surface area (Å²) in [5.74, 6) is -0.121. The number of carbonyl (C=O) groups excluding carboxylic acids is 2. The van der Waals surface area contributed by atoms with E-state index in [1.165, 1.54) is 37.4 Å². The number of nitrogens with one attached hydrogen (secondary N) is 1. The lowest BCUT2D eigenvalue weighted by atomic mass is 10.1. The van der Waals surface area contributed by atoms with Crippen LogP contribution in [0.1, 0.15) is 17.3 Å². The molecule has 1 fully saturated rings. The van der Waals surface area contributed by atoms with Crippen molar-refractivity contribution >= 4 is 23.5 Å². The number of alkyl halides is 3. The van der Waals surface area contributed by atoms with Crippen LogP contribution in [0.15, 0.2) is 60.8 Å². The molecule has 0 saturated carbocycles. The molecule has 0 radical (unpaired) electrons. The molecule has 1 N–H and O–H groups in total. The lowest BCUT2D eigenvalue weighted by Crippen LogP contribution is -2.50. The van der Waals surface area contributed by atoms with Crippen LogP contribution in [0, 0.1) is 0 Å². The Labute approximate surface area is 199 Å². The molecule has 1 aliphatic heterocycles. The summed E-state index contributed by atoms with van der Waals surface area (Å²) in [6, 6.07) is 13.9. The van der Waals surface area contributed by atoms with Gasteiger partial charge in [-0.25, -0.2) is 9.97 Å². The molecule has 35 heavy (non-hydrogen) atoms. The number of rotatable bonds is 5. The zero-order valence-corrected chi connectivity index (χ0v) is 18.7. The van der Waals surface area contributed by atoms with Gasteiger partial charge in [-0.15, -0.1) is 13.2 Å². The van der Waals surface area contributed by atoms with Crippen molar-refractivity contribution in [3.63, 3.8) is 0 Å². The monoisotopic (exact) mass is 485 g/mol. The van der Waals surface area contributed by atoms with Crippen LogP contribution in [-0.2, 0) is 4.79 Å². The molecule has 11 heteroatoms. The number of hydrogen-bond acceptors (Lipinski definition) is 6. The first kappa shape index (κ1) is 24.0. The van der Waals surface area contributed by atoms with Crippen molar-refractivity contribution in [2.45, 2.75) is 13.3 Å². The Kier molecular flexibility index (Phi) is 6.85. The molecule has 3 aromatic rings. The summed E-state index contributed by atoms with van der Waals surface area (Å²) in [6.07, 6.45) is -3.22. The highest BCUT2D eigenvalue weighted by atomic mass is 19.4. The first-order chi connectivity index (χ1) is 16.7. The standard InChI is InChI=1S/C24H22F3N5O3/c1-16(33)31-12-14-32(15-13-31)22(34)18-2-6-19(7-3-18)29-23-28-11-10-21(30-23)17-4-8-20(9-5-17)35-24(25,26)27/h2-11H,12-15H2,1H3,(H,28,29,30). The largest absolute Gasteiger partial charge is 0.573 e. The number of halogens is 3. The average molecular weight is 485 g/mol. The maximum Gasteiger partial charge on any atom is 0.573 e. The third kappa shape index (κ3) is 6.25. The van der Waals surface area contributed by atoms with Crippen LogP contribution >= 0.6 is 0 Å². The van der Waals surface area contributed by atoms with Crippen LogP contribution in [0.2, 0.25) is 0 Å².